The van der Waals surface area contributed by atoms with Gasteiger partial charge in [0.25, 0.3) is 11.8 Å². The third kappa shape index (κ3) is 21.7. The first-order valence-corrected chi connectivity index (χ1v) is 40.5. The largest absolute Gasteiger partial charge is 0.495 e. The van der Waals surface area contributed by atoms with Crippen molar-refractivity contribution in [1.29, 1.82) is 0 Å². The Labute approximate surface area is 682 Å². The van der Waals surface area contributed by atoms with E-state index in [2.05, 4.69) is 60.6 Å². The van der Waals surface area contributed by atoms with E-state index >= 15 is 0 Å². The number of rotatable bonds is 9. The van der Waals surface area contributed by atoms with Crippen molar-refractivity contribution in [3.63, 3.8) is 0 Å². The lowest BCUT2D eigenvalue weighted by Crippen LogP contribution is -2.41. The van der Waals surface area contributed by atoms with Gasteiger partial charge in [0, 0.05) is 80.4 Å². The first-order valence-electron chi connectivity index (χ1n) is 35.5. The molecular weight excluding hydrogens is 1630 g/mol. The summed E-state index contributed by atoms with van der Waals surface area (Å²) in [6.45, 7) is 24.6. The smallest absolute Gasteiger partial charge is 0.399 e. The first-order chi connectivity index (χ1) is 54.0. The molecule has 113 heavy (non-hydrogen) atoms. The molecule has 0 radical (unpaired) electrons. The molecule has 37 heteroatoms. The summed E-state index contributed by atoms with van der Waals surface area (Å²) in [6, 6.07) is 26.9. The average Bonchev–Trinajstić information content (AvgIpc) is 1.59. The maximum atomic E-state index is 13.0. The molecule has 13 heterocycles. The highest BCUT2D eigenvalue weighted by Crippen LogP contribution is 2.40. The second-order valence-electron chi connectivity index (χ2n) is 26.7. The monoisotopic (exact) mass is 1700 g/mol. The zero-order valence-electron chi connectivity index (χ0n) is 61.7. The molecule has 12 aromatic rings. The summed E-state index contributed by atoms with van der Waals surface area (Å²) in [5, 5.41) is 17.7. The van der Waals surface area contributed by atoms with E-state index in [1.165, 1.54) is 35.6 Å². The zero-order valence-corrected chi connectivity index (χ0v) is 68.0. The molecule has 5 aliphatic heterocycles. The van der Waals surface area contributed by atoms with E-state index in [0.717, 1.165) is 197 Å². The van der Waals surface area contributed by atoms with Gasteiger partial charge in [-0.25, -0.2) is 29.9 Å². The van der Waals surface area contributed by atoms with Gasteiger partial charge in [-0.15, -0.1) is 45.3 Å². The summed E-state index contributed by atoms with van der Waals surface area (Å²) < 4.78 is 115. The number of alkyl halides is 6. The normalized spacial score (nSPS) is 16.2. The van der Waals surface area contributed by atoms with Crippen molar-refractivity contribution in [3.05, 3.63) is 185 Å². The van der Waals surface area contributed by atoms with E-state index in [1.54, 1.807) is 58.3 Å². The van der Waals surface area contributed by atoms with Crippen LogP contribution in [0.3, 0.4) is 0 Å². The van der Waals surface area contributed by atoms with Crippen LogP contribution < -0.4 is 36.1 Å². The van der Waals surface area contributed by atoms with Gasteiger partial charge in [0.1, 0.15) is 0 Å². The first kappa shape index (κ1) is 84.3. The summed E-state index contributed by atoms with van der Waals surface area (Å²) in [6.07, 6.45) is -9.03. The maximum Gasteiger partial charge on any atom is 0.495 e. The van der Waals surface area contributed by atoms with Crippen molar-refractivity contribution in [1.82, 2.24) is 45.2 Å². The fraction of sp³-hybridized carbons (Fsp3) is 0.342. The van der Waals surface area contributed by atoms with Crippen LogP contribution in [0.25, 0.3) is 52.3 Å². The molecule has 0 saturated carbocycles. The van der Waals surface area contributed by atoms with E-state index in [1.807, 2.05) is 99.5 Å². The van der Waals surface area contributed by atoms with Crippen molar-refractivity contribution in [3.8, 4) is 11.4 Å². The predicted molar refractivity (Wildman–Crippen MR) is 438 cm³/mol. The van der Waals surface area contributed by atoms with Gasteiger partial charge in [-0.05, 0) is 194 Å². The Morgan fingerprint density at radius 1 is 0.460 bits per heavy atom. The van der Waals surface area contributed by atoms with Gasteiger partial charge in [-0.2, -0.15) is 36.3 Å². The molecule has 0 bridgehead atoms. The van der Waals surface area contributed by atoms with Gasteiger partial charge in [0.15, 0.2) is 28.4 Å². The van der Waals surface area contributed by atoms with Crippen LogP contribution in [0.1, 0.15) is 70.7 Å². The van der Waals surface area contributed by atoms with Crippen LogP contribution >= 0.6 is 91.8 Å². The lowest BCUT2D eigenvalue weighted by Gasteiger charge is -2.32. The molecule has 0 atom stereocenters. The molecule has 5 aliphatic rings. The summed E-state index contributed by atoms with van der Waals surface area (Å²) in [7, 11) is -0.606. The van der Waals surface area contributed by atoms with Gasteiger partial charge in [-0.3, -0.25) is 9.59 Å². The molecule has 2 amide bonds. The SMILES string of the molecule is C1COCCN1.Cc1ccc(NC(=O)c2cccc(C(F)(F)F)c2)cc1-c1nc(N2CCOCC2)c2sccc2n1.Cc1ccc(NC(=O)c2cccc(C(F)(F)F)c2)cc1B1OC(C)(C)C(C)(C)O1.Clc1nc(Cl)c2sccc2n1.Clc1nc(N2CCOCC2)c2sccc2n1.Clc1nc(N2CCOCC2)c2sccc2n1. The molecule has 8 aromatic heterocycles. The minimum Gasteiger partial charge on any atom is -0.399 e. The second-order valence-corrected chi connectivity index (χ2v) is 31.8. The molecule has 5 saturated heterocycles. The molecule has 4 aromatic carbocycles. The van der Waals surface area contributed by atoms with Crippen LogP contribution in [0, 0.1) is 13.8 Å². The van der Waals surface area contributed by atoms with Gasteiger partial charge < -0.3 is 58.9 Å². The lowest BCUT2D eigenvalue weighted by atomic mass is 9.76. The quantitative estimate of drug-likeness (QED) is 0.0527. The Balaban J connectivity index is 0.000000135. The number of hydrogen-bond donors (Lipinski definition) is 3. The number of amides is 2. The predicted octanol–water partition coefficient (Wildman–Crippen LogP) is 17.3. The number of morpholine rings is 4. The van der Waals surface area contributed by atoms with Crippen molar-refractivity contribution in [2.45, 2.75) is 65.1 Å². The van der Waals surface area contributed by atoms with Crippen LogP contribution in [-0.2, 0) is 40.6 Å². The fourth-order valence-electron chi connectivity index (χ4n) is 11.9. The van der Waals surface area contributed by atoms with E-state index in [4.69, 9.17) is 84.6 Å². The summed E-state index contributed by atoms with van der Waals surface area (Å²) in [5.74, 6) is 1.99. The van der Waals surface area contributed by atoms with E-state index in [-0.39, 0.29) is 16.4 Å². The highest BCUT2D eigenvalue weighted by Gasteiger charge is 2.52. The number of carbonyl (C=O) groups is 2. The zero-order chi connectivity index (χ0) is 80.2. The Kier molecular flexibility index (Phi) is 28.1. The molecular formula is C76H75BCl4F6N14O8S4. The maximum absolute atomic E-state index is 13.0. The van der Waals surface area contributed by atoms with Crippen molar-refractivity contribution >= 4 is 186 Å². The Morgan fingerprint density at radius 3 is 1.26 bits per heavy atom. The van der Waals surface area contributed by atoms with Crippen LogP contribution in [0.15, 0.2) is 131 Å². The number of thiophene rings is 4. The third-order valence-electron chi connectivity index (χ3n) is 18.5. The highest BCUT2D eigenvalue weighted by molar-refractivity contribution is 7.18. The van der Waals surface area contributed by atoms with Crippen LogP contribution in [0.2, 0.25) is 21.0 Å². The number of ether oxygens (including phenoxy) is 4. The van der Waals surface area contributed by atoms with E-state index in [9.17, 15) is 35.9 Å². The van der Waals surface area contributed by atoms with Crippen molar-refractivity contribution in [2.75, 3.05) is 131 Å². The number of carbonyl (C=O) groups excluding carboxylic acids is 2. The highest BCUT2D eigenvalue weighted by atomic mass is 35.5. The molecule has 0 spiro atoms. The molecule has 0 aliphatic carbocycles. The van der Waals surface area contributed by atoms with Crippen molar-refractivity contribution in [2.24, 2.45) is 0 Å². The Morgan fingerprint density at radius 2 is 0.841 bits per heavy atom. The van der Waals surface area contributed by atoms with Crippen LogP contribution in [0.4, 0.5) is 55.2 Å². The topological polar surface area (TPSA) is 238 Å². The number of nitrogens with zero attached hydrogens (tertiary/aromatic N) is 11. The second kappa shape index (κ2) is 37.7. The Hall–Kier alpha value is -8.10. The molecule has 22 nitrogen and oxygen atoms in total. The number of anilines is 5. The average molecular weight is 1710 g/mol. The van der Waals surface area contributed by atoms with E-state index in [0.29, 0.717) is 46.1 Å². The molecule has 5 fully saturated rings. The minimum absolute atomic E-state index is 0.0717. The third-order valence-corrected chi connectivity index (χ3v) is 23.0. The van der Waals surface area contributed by atoms with Crippen LogP contribution in [0.5, 0.6) is 0 Å². The number of benzene rings is 4. The summed E-state index contributed by atoms with van der Waals surface area (Å²) >= 11 is 29.6. The van der Waals surface area contributed by atoms with Gasteiger partial charge >= 0.3 is 19.5 Å². The summed E-state index contributed by atoms with van der Waals surface area (Å²) in [4.78, 5) is 66.2. The number of nitrogens with one attached hydrogen (secondary N) is 3. The number of fused-ring (bicyclic) bond motifs is 4. The number of hydrogen-bond acceptors (Lipinski definition) is 24. The lowest BCUT2D eigenvalue weighted by molar-refractivity contribution is -0.138. The fourth-order valence-corrected chi connectivity index (χ4v) is 16.0. The van der Waals surface area contributed by atoms with Gasteiger partial charge in [0.05, 0.1) is 116 Å². The molecule has 0 unspecified atom stereocenters. The standard InChI is InChI=1S/C25H21F3N4O2S.C21H23BF3NO3.2C10H10ClN3OS.C6H2Cl2N2S.C4H9NO/c1-15-5-6-18(29-24(33)16-3-2-4-17(13-16)25(26,27)28)14-19(15)22-30-20-7-12-35-21(20)23(31-22)32-8-10-34-11-9-32;1-13-9-10-16(12-17(13)22-28-19(2,3)20(4,5)29-22)26-18(27)14-7-6-8-15(11-14)21(23,24)25;2*11-10-12-7-1-6-16-8(7)9(13-10)14-2-4-15-5-3-14;7-5-4-3(1-2-11-4)9-6(8)10-5;1-3-6-4-2-5-1/h2-7,12-14H,8-11H2,1H3,(H,29,33);6-12H,1-5H3,(H,26,27);2*1,6H,2-5H2;1-2H;5H,1-4H2. The molecule has 594 valence electrons. The number of aromatic nitrogens is 8. The van der Waals surface area contributed by atoms with Gasteiger partial charge in [0.2, 0.25) is 15.9 Å². The van der Waals surface area contributed by atoms with Crippen molar-refractivity contribution < 1.29 is 64.2 Å². The Bertz CT molecular complexity index is 5180. The van der Waals surface area contributed by atoms with Gasteiger partial charge in [-0.1, -0.05) is 41.4 Å². The summed E-state index contributed by atoms with van der Waals surface area (Å²) in [5.41, 5.74) is 4.77. The molecule has 3 N–H and O–H groups in total. The van der Waals surface area contributed by atoms with E-state index < -0.39 is 53.6 Å². The molecule has 17 rings (SSSR count). The number of halogens is 10. The number of aryl methyl sites for hydroxylation is 2. The van der Waals surface area contributed by atoms with Crippen LogP contribution in [-0.4, -0.2) is 175 Å². The minimum atomic E-state index is -4.52.